The van der Waals surface area contributed by atoms with Crippen LogP contribution in [0.1, 0.15) is 0 Å². The van der Waals surface area contributed by atoms with E-state index in [0.29, 0.717) is 46.2 Å². The fraction of sp³-hybridized carbons (Fsp3) is 0.857. The number of hydrogen-bond donors (Lipinski definition) is 2. The molecule has 0 fully saturated rings. The Morgan fingerprint density at radius 3 is 1.96 bits per heavy atom. The quantitative estimate of drug-likeness (QED) is 0.261. The van der Waals surface area contributed by atoms with Crippen LogP contribution in [0.15, 0.2) is 0 Å². The monoisotopic (exact) mass is 336 g/mol. The van der Waals surface area contributed by atoms with Gasteiger partial charge in [-0.05, 0) is 7.05 Å². The van der Waals surface area contributed by atoms with Crippen LogP contribution in [0.5, 0.6) is 0 Å². The van der Waals surface area contributed by atoms with E-state index in [1.807, 2.05) is 7.05 Å². The van der Waals surface area contributed by atoms with Gasteiger partial charge in [0.25, 0.3) is 0 Å². The molecule has 0 radical (unpaired) electrons. The van der Waals surface area contributed by atoms with Gasteiger partial charge in [-0.15, -0.1) is 0 Å². The molecule has 0 heterocycles. The Morgan fingerprint density at radius 1 is 0.783 bits per heavy atom. The molecule has 0 aliphatic carbocycles. The maximum atomic E-state index is 11.4. The van der Waals surface area contributed by atoms with E-state index in [0.717, 1.165) is 6.54 Å². The number of likely N-dealkylation sites (N-methyl/N-ethyl adjacent to an activating group) is 1. The number of methoxy groups -OCH3 is 1. The number of carbonyl (C=O) groups is 2. The highest BCUT2D eigenvalue weighted by Crippen LogP contribution is 1.82. The van der Waals surface area contributed by atoms with Crippen molar-refractivity contribution in [3.8, 4) is 0 Å². The Morgan fingerprint density at radius 2 is 1.35 bits per heavy atom. The van der Waals surface area contributed by atoms with Gasteiger partial charge in [0.15, 0.2) is 0 Å². The van der Waals surface area contributed by atoms with Gasteiger partial charge in [0.2, 0.25) is 5.91 Å². The fourth-order valence-electron chi connectivity index (χ4n) is 1.31. The van der Waals surface area contributed by atoms with Gasteiger partial charge < -0.3 is 34.3 Å². The lowest BCUT2D eigenvalue weighted by atomic mass is 10.6. The van der Waals surface area contributed by atoms with Crippen molar-refractivity contribution in [2.75, 3.05) is 80.1 Å². The summed E-state index contributed by atoms with van der Waals surface area (Å²) < 4.78 is 25.0. The predicted octanol–water partition coefficient (Wildman–Crippen LogP) is -1.44. The van der Waals surface area contributed by atoms with Crippen molar-refractivity contribution in [1.82, 2.24) is 10.6 Å². The van der Waals surface area contributed by atoms with Gasteiger partial charge in [-0.1, -0.05) is 0 Å². The molecule has 0 aromatic heterocycles. The molecule has 0 aliphatic rings. The lowest BCUT2D eigenvalue weighted by Crippen LogP contribution is -2.31. The lowest BCUT2D eigenvalue weighted by molar-refractivity contribution is -0.146. The normalized spacial score (nSPS) is 10.5. The van der Waals surface area contributed by atoms with Crippen LogP contribution < -0.4 is 10.6 Å². The van der Waals surface area contributed by atoms with E-state index in [1.165, 1.54) is 7.11 Å². The summed E-state index contributed by atoms with van der Waals surface area (Å²) in [5.41, 5.74) is 0. The maximum absolute atomic E-state index is 11.4. The Kier molecular flexibility index (Phi) is 16.2. The molecule has 23 heavy (non-hydrogen) atoms. The summed E-state index contributed by atoms with van der Waals surface area (Å²) in [6, 6.07) is 0. The SMILES string of the molecule is CNCCOCCOCC(=O)NCCOCCOCC(=O)OC. The lowest BCUT2D eigenvalue weighted by Gasteiger charge is -2.08. The predicted molar refractivity (Wildman–Crippen MR) is 82.2 cm³/mol. The minimum absolute atomic E-state index is 0.00235. The van der Waals surface area contributed by atoms with E-state index in [2.05, 4.69) is 15.4 Å². The fourth-order valence-corrected chi connectivity index (χ4v) is 1.31. The number of carbonyl (C=O) groups excluding carboxylic acids is 2. The van der Waals surface area contributed by atoms with Crippen molar-refractivity contribution >= 4 is 11.9 Å². The third-order valence-corrected chi connectivity index (χ3v) is 2.49. The van der Waals surface area contributed by atoms with Crippen molar-refractivity contribution in [2.45, 2.75) is 0 Å². The molecule has 0 aromatic carbocycles. The first-order valence-corrected chi connectivity index (χ1v) is 7.49. The summed E-state index contributed by atoms with van der Waals surface area (Å²) >= 11 is 0. The van der Waals surface area contributed by atoms with E-state index in [4.69, 9.17) is 18.9 Å². The summed E-state index contributed by atoms with van der Waals surface area (Å²) in [6.07, 6.45) is 0. The van der Waals surface area contributed by atoms with Crippen LogP contribution >= 0.6 is 0 Å². The minimum atomic E-state index is -0.426. The van der Waals surface area contributed by atoms with Crippen molar-refractivity contribution in [1.29, 1.82) is 0 Å². The van der Waals surface area contributed by atoms with Crippen LogP contribution in [0.3, 0.4) is 0 Å². The number of amides is 1. The molecular weight excluding hydrogens is 308 g/mol. The van der Waals surface area contributed by atoms with Gasteiger partial charge >= 0.3 is 5.97 Å². The Hall–Kier alpha value is -1.26. The zero-order chi connectivity index (χ0) is 17.2. The minimum Gasteiger partial charge on any atom is -0.467 e. The molecule has 136 valence electrons. The molecule has 2 N–H and O–H groups in total. The van der Waals surface area contributed by atoms with Crippen LogP contribution in [0, 0.1) is 0 Å². The number of hydrogen-bond acceptors (Lipinski definition) is 8. The summed E-state index contributed by atoms with van der Waals surface area (Å²) in [5.74, 6) is -0.629. The van der Waals surface area contributed by atoms with E-state index in [9.17, 15) is 9.59 Å². The summed E-state index contributed by atoms with van der Waals surface area (Å²) in [5, 5.41) is 5.62. The molecule has 9 nitrogen and oxygen atoms in total. The molecule has 0 saturated carbocycles. The number of nitrogens with one attached hydrogen (secondary N) is 2. The highest BCUT2D eigenvalue weighted by atomic mass is 16.6. The largest absolute Gasteiger partial charge is 0.467 e. The molecular formula is C14H28N2O7. The van der Waals surface area contributed by atoms with Crippen molar-refractivity contribution in [3.05, 3.63) is 0 Å². The second kappa shape index (κ2) is 17.1. The first-order chi connectivity index (χ1) is 11.2. The van der Waals surface area contributed by atoms with Crippen LogP contribution in [-0.4, -0.2) is 92.0 Å². The molecule has 0 rings (SSSR count). The molecule has 0 aromatic rings. The number of rotatable bonds is 16. The zero-order valence-corrected chi connectivity index (χ0v) is 13.9. The Bertz CT molecular complexity index is 303. The van der Waals surface area contributed by atoms with Crippen LogP contribution in [0.2, 0.25) is 0 Å². The van der Waals surface area contributed by atoms with Crippen molar-refractivity contribution in [2.24, 2.45) is 0 Å². The van der Waals surface area contributed by atoms with Crippen LogP contribution in [0.25, 0.3) is 0 Å². The highest BCUT2D eigenvalue weighted by molar-refractivity contribution is 5.77. The second-order valence-corrected chi connectivity index (χ2v) is 4.36. The van der Waals surface area contributed by atoms with Gasteiger partial charge in [0.1, 0.15) is 13.2 Å². The molecule has 1 amide bonds. The van der Waals surface area contributed by atoms with Crippen LogP contribution in [-0.2, 0) is 33.3 Å². The molecule has 0 bridgehead atoms. The smallest absolute Gasteiger partial charge is 0.331 e. The van der Waals surface area contributed by atoms with Gasteiger partial charge in [-0.3, -0.25) is 4.79 Å². The zero-order valence-electron chi connectivity index (χ0n) is 13.9. The summed E-state index contributed by atoms with van der Waals surface area (Å²) in [4.78, 5) is 22.1. The first kappa shape index (κ1) is 21.7. The van der Waals surface area contributed by atoms with Gasteiger partial charge in [-0.2, -0.15) is 0 Å². The summed E-state index contributed by atoms with van der Waals surface area (Å²) in [6.45, 7) is 3.53. The Labute approximate surface area is 136 Å². The average Bonchev–Trinajstić information content (AvgIpc) is 2.56. The topological polar surface area (TPSA) is 104 Å². The van der Waals surface area contributed by atoms with Gasteiger partial charge in [-0.25, -0.2) is 4.79 Å². The average molecular weight is 336 g/mol. The summed E-state index contributed by atoms with van der Waals surface area (Å²) in [7, 11) is 3.15. The highest BCUT2D eigenvalue weighted by Gasteiger charge is 2.01. The second-order valence-electron chi connectivity index (χ2n) is 4.36. The third-order valence-electron chi connectivity index (χ3n) is 2.49. The molecule has 0 saturated heterocycles. The van der Waals surface area contributed by atoms with E-state index >= 15 is 0 Å². The standard InChI is InChI=1S/C14H28N2O7/c1-15-3-5-20-7-9-22-11-13(17)16-4-6-21-8-10-23-12-14(18)19-2/h15H,3-12H2,1-2H3,(H,16,17). The maximum Gasteiger partial charge on any atom is 0.331 e. The number of ether oxygens (including phenoxy) is 5. The Balaban J connectivity index is 3.20. The molecule has 0 unspecified atom stereocenters. The molecule has 0 spiro atoms. The van der Waals surface area contributed by atoms with Crippen molar-refractivity contribution in [3.63, 3.8) is 0 Å². The van der Waals surface area contributed by atoms with Gasteiger partial charge in [0.05, 0.1) is 46.8 Å². The number of esters is 1. The molecule has 0 aliphatic heterocycles. The van der Waals surface area contributed by atoms with Gasteiger partial charge in [0, 0.05) is 13.1 Å². The van der Waals surface area contributed by atoms with Crippen LogP contribution in [0.4, 0.5) is 0 Å². The van der Waals surface area contributed by atoms with E-state index in [1.54, 1.807) is 0 Å². The molecule has 0 atom stereocenters. The first-order valence-electron chi connectivity index (χ1n) is 7.49. The molecule has 9 heteroatoms. The van der Waals surface area contributed by atoms with E-state index in [-0.39, 0.29) is 19.1 Å². The third kappa shape index (κ3) is 16.9. The van der Waals surface area contributed by atoms with Crippen molar-refractivity contribution < 1.29 is 33.3 Å². The van der Waals surface area contributed by atoms with E-state index < -0.39 is 5.97 Å².